The maximum absolute atomic E-state index is 2.45. The van der Waals surface area contributed by atoms with Gasteiger partial charge in [-0.2, -0.15) is 0 Å². The van der Waals surface area contributed by atoms with Crippen LogP contribution in [0.3, 0.4) is 0 Å². The second kappa shape index (κ2) is 6.11. The van der Waals surface area contributed by atoms with Gasteiger partial charge in [0.2, 0.25) is 0 Å². The van der Waals surface area contributed by atoms with Crippen molar-refractivity contribution in [3.63, 3.8) is 0 Å². The molecule has 0 saturated carbocycles. The van der Waals surface area contributed by atoms with Crippen LogP contribution in [0, 0.1) is 16.4 Å². The largest absolute Gasteiger partial charge is 0.0801 e. The maximum atomic E-state index is 2.45. The molecule has 0 spiro atoms. The molecule has 0 heterocycles. The highest BCUT2D eigenvalue weighted by atomic mass is 14.3. The Morgan fingerprint density at radius 1 is 0.758 bits per heavy atom. The average molecular weight is 419 g/mol. The molecule has 3 aromatic rings. The first-order valence-electron chi connectivity index (χ1n) is 11.9. The van der Waals surface area contributed by atoms with Crippen molar-refractivity contribution in [1.29, 1.82) is 0 Å². The second-order valence-electron chi connectivity index (χ2n) is 9.69. The minimum absolute atomic E-state index is 0.391. The van der Waals surface area contributed by atoms with Gasteiger partial charge in [0.05, 0.1) is 0 Å². The first-order valence-corrected chi connectivity index (χ1v) is 11.9. The fraction of sp³-hybridized carbons (Fsp3) is 0.0909. The monoisotopic (exact) mass is 418 g/mol. The zero-order valence-corrected chi connectivity index (χ0v) is 18.5. The Morgan fingerprint density at radius 3 is 2.64 bits per heavy atom. The highest BCUT2D eigenvalue weighted by molar-refractivity contribution is 6.08. The molecular weight excluding hydrogens is 396 g/mol. The lowest BCUT2D eigenvalue weighted by atomic mass is 9.87. The predicted octanol–water partition coefficient (Wildman–Crippen LogP) is 4.31. The third-order valence-corrected chi connectivity index (χ3v) is 7.91. The predicted molar refractivity (Wildman–Crippen MR) is 138 cm³/mol. The second-order valence-corrected chi connectivity index (χ2v) is 9.69. The van der Waals surface area contributed by atoms with Gasteiger partial charge in [0.25, 0.3) is 0 Å². The maximum Gasteiger partial charge on any atom is 0.00113 e. The van der Waals surface area contributed by atoms with Gasteiger partial charge in [-0.15, -0.1) is 0 Å². The van der Waals surface area contributed by atoms with Crippen LogP contribution in [-0.2, 0) is 0 Å². The Kier molecular flexibility index (Phi) is 3.27. The van der Waals surface area contributed by atoms with Crippen LogP contribution in [0.5, 0.6) is 0 Å². The van der Waals surface area contributed by atoms with Crippen LogP contribution in [0.4, 0.5) is 0 Å². The Morgan fingerprint density at radius 2 is 1.67 bits per heavy atom. The van der Waals surface area contributed by atoms with Crippen molar-refractivity contribution in [2.45, 2.75) is 13.3 Å². The van der Waals surface area contributed by atoms with Crippen molar-refractivity contribution in [3.8, 4) is 0 Å². The third-order valence-electron chi connectivity index (χ3n) is 7.91. The molecule has 0 aliphatic heterocycles. The summed E-state index contributed by atoms with van der Waals surface area (Å²) in [6, 6.07) is 18.1. The van der Waals surface area contributed by atoms with Crippen molar-refractivity contribution < 1.29 is 0 Å². The highest BCUT2D eigenvalue weighted by Gasteiger charge is 2.28. The highest BCUT2D eigenvalue weighted by Crippen LogP contribution is 2.39. The average Bonchev–Trinajstić information content (AvgIpc) is 3.58. The SMILES string of the molecule is CC1C=c2ccc3c(c2=C1C1=CC=c2ccc4c(c21)C=c1ccccc1=4)C=C1C=CCC=C13. The number of benzene rings is 3. The zero-order valence-electron chi connectivity index (χ0n) is 18.5. The molecule has 154 valence electrons. The summed E-state index contributed by atoms with van der Waals surface area (Å²) >= 11 is 0. The van der Waals surface area contributed by atoms with E-state index in [1.165, 1.54) is 75.9 Å². The number of rotatable bonds is 1. The number of hydrogen-bond donors (Lipinski definition) is 0. The van der Waals surface area contributed by atoms with E-state index in [1.54, 1.807) is 0 Å². The van der Waals surface area contributed by atoms with Crippen LogP contribution in [0.2, 0.25) is 0 Å². The lowest BCUT2D eigenvalue weighted by Gasteiger charge is -2.15. The summed E-state index contributed by atoms with van der Waals surface area (Å²) in [6.07, 6.45) is 19.9. The summed E-state index contributed by atoms with van der Waals surface area (Å²) in [5.41, 5.74) is 11.2. The molecule has 33 heavy (non-hydrogen) atoms. The van der Waals surface area contributed by atoms with E-state index in [-0.39, 0.29) is 0 Å². The quantitative estimate of drug-likeness (QED) is 0.432. The van der Waals surface area contributed by atoms with Gasteiger partial charge in [0, 0.05) is 5.92 Å². The van der Waals surface area contributed by atoms with Crippen molar-refractivity contribution >= 4 is 41.0 Å². The molecule has 0 aromatic heterocycles. The first kappa shape index (κ1) is 17.6. The zero-order chi connectivity index (χ0) is 21.7. The molecule has 1 atom stereocenters. The summed E-state index contributed by atoms with van der Waals surface area (Å²) in [7, 11) is 0. The fourth-order valence-electron chi connectivity index (χ4n) is 6.52. The topological polar surface area (TPSA) is 0 Å². The van der Waals surface area contributed by atoms with E-state index in [0.717, 1.165) is 6.42 Å². The van der Waals surface area contributed by atoms with E-state index in [4.69, 9.17) is 0 Å². The number of fused-ring (bicyclic) bond motifs is 9. The van der Waals surface area contributed by atoms with Gasteiger partial charge in [0.1, 0.15) is 0 Å². The smallest absolute Gasteiger partial charge is 0.00113 e. The molecule has 0 bridgehead atoms. The minimum atomic E-state index is 0.391. The summed E-state index contributed by atoms with van der Waals surface area (Å²) < 4.78 is 0. The summed E-state index contributed by atoms with van der Waals surface area (Å²) in [5.74, 6) is 0.391. The molecular formula is C33H22. The van der Waals surface area contributed by atoms with Gasteiger partial charge in [-0.1, -0.05) is 91.9 Å². The van der Waals surface area contributed by atoms with Crippen molar-refractivity contribution in [3.05, 3.63) is 132 Å². The Bertz CT molecular complexity index is 1940. The number of hydrogen-bond acceptors (Lipinski definition) is 0. The van der Waals surface area contributed by atoms with E-state index in [1.807, 2.05) is 0 Å². The van der Waals surface area contributed by atoms with Gasteiger partial charge >= 0.3 is 0 Å². The third kappa shape index (κ3) is 2.21. The van der Waals surface area contributed by atoms with Crippen LogP contribution in [0.1, 0.15) is 35.6 Å². The minimum Gasteiger partial charge on any atom is -0.0801 e. The van der Waals surface area contributed by atoms with Crippen LogP contribution in [0.25, 0.3) is 41.0 Å². The lowest BCUT2D eigenvalue weighted by Crippen LogP contribution is -2.27. The standard InChI is InChI=1S/C33H22/c1-19-16-23-12-14-27-25-9-5-3-7-22(25)18-30(27)33(23)31(19)28-15-11-20-10-13-26-24-8-4-2-6-21(24)17-29(26)32(20)28/h2-4,6-19H,5H2,1H3. The molecule has 0 saturated heterocycles. The molecule has 0 heteroatoms. The molecule has 0 amide bonds. The van der Waals surface area contributed by atoms with Crippen LogP contribution >= 0.6 is 0 Å². The molecule has 0 radical (unpaired) electrons. The summed E-state index contributed by atoms with van der Waals surface area (Å²) in [6.45, 7) is 2.36. The van der Waals surface area contributed by atoms with Crippen molar-refractivity contribution in [1.82, 2.24) is 0 Å². The number of allylic oxidation sites excluding steroid dienone is 7. The normalized spacial score (nSPS) is 19.7. The molecule has 0 N–H and O–H groups in total. The first-order chi connectivity index (χ1) is 16.3. The fourth-order valence-corrected chi connectivity index (χ4v) is 6.52. The molecule has 0 fully saturated rings. The van der Waals surface area contributed by atoms with Crippen molar-refractivity contribution in [2.75, 3.05) is 0 Å². The van der Waals surface area contributed by atoms with E-state index < -0.39 is 0 Å². The van der Waals surface area contributed by atoms with Gasteiger partial charge in [-0.25, -0.2) is 0 Å². The Balaban J connectivity index is 1.46. The van der Waals surface area contributed by atoms with Crippen LogP contribution in [0.15, 0.2) is 78.4 Å². The molecule has 8 rings (SSSR count). The van der Waals surface area contributed by atoms with E-state index in [0.29, 0.717) is 5.92 Å². The molecule has 1 unspecified atom stereocenters. The van der Waals surface area contributed by atoms with E-state index in [9.17, 15) is 0 Å². The van der Waals surface area contributed by atoms with Gasteiger partial charge in [-0.05, 0) is 94.4 Å². The Hall–Kier alpha value is -3.90. The van der Waals surface area contributed by atoms with Crippen molar-refractivity contribution in [2.24, 2.45) is 5.92 Å². The van der Waals surface area contributed by atoms with E-state index >= 15 is 0 Å². The van der Waals surface area contributed by atoms with Gasteiger partial charge in [-0.3, -0.25) is 0 Å². The molecule has 0 nitrogen and oxygen atoms in total. The van der Waals surface area contributed by atoms with Crippen LogP contribution in [-0.4, -0.2) is 0 Å². The molecule has 5 aliphatic carbocycles. The van der Waals surface area contributed by atoms with Crippen LogP contribution < -0.4 is 20.9 Å². The van der Waals surface area contributed by atoms with E-state index in [2.05, 4.69) is 104 Å². The van der Waals surface area contributed by atoms with Gasteiger partial charge < -0.3 is 0 Å². The Labute approximate surface area is 192 Å². The summed E-state index contributed by atoms with van der Waals surface area (Å²) in [5, 5.41) is 8.21. The summed E-state index contributed by atoms with van der Waals surface area (Å²) in [4.78, 5) is 0. The van der Waals surface area contributed by atoms with Gasteiger partial charge in [0.15, 0.2) is 0 Å². The molecule has 3 aromatic carbocycles. The molecule has 5 aliphatic rings. The lowest BCUT2D eigenvalue weighted by molar-refractivity contribution is 1.05.